The Kier molecular flexibility index (Phi) is 4.50. The van der Waals surface area contributed by atoms with Gasteiger partial charge in [-0.3, -0.25) is 0 Å². The SMILES string of the molecule is COC(=O)c1sc2ccccc2c1S(=O)(=O)NCc1ccc2c(c1)OCO2. The maximum atomic E-state index is 13.0. The lowest BCUT2D eigenvalue weighted by Crippen LogP contribution is -2.24. The first-order valence-corrected chi connectivity index (χ1v) is 10.3. The van der Waals surface area contributed by atoms with Crippen LogP contribution in [0.25, 0.3) is 10.1 Å². The number of sulfonamides is 1. The zero-order chi connectivity index (χ0) is 19.0. The van der Waals surface area contributed by atoms with Crippen molar-refractivity contribution in [2.75, 3.05) is 13.9 Å². The molecular weight excluding hydrogens is 390 g/mol. The van der Waals surface area contributed by atoms with Gasteiger partial charge < -0.3 is 14.2 Å². The number of fused-ring (bicyclic) bond motifs is 2. The second-order valence-corrected chi connectivity index (χ2v) is 8.52. The summed E-state index contributed by atoms with van der Waals surface area (Å²) in [4.78, 5) is 12.1. The summed E-state index contributed by atoms with van der Waals surface area (Å²) in [6.07, 6.45) is 0. The van der Waals surface area contributed by atoms with Gasteiger partial charge in [0, 0.05) is 16.6 Å². The van der Waals surface area contributed by atoms with E-state index in [1.807, 2.05) is 0 Å². The van der Waals surface area contributed by atoms with E-state index in [9.17, 15) is 13.2 Å². The van der Waals surface area contributed by atoms with Gasteiger partial charge in [0.1, 0.15) is 9.77 Å². The lowest BCUT2D eigenvalue weighted by Gasteiger charge is -2.09. The Balaban J connectivity index is 1.68. The molecule has 2 heterocycles. The third-order valence-corrected chi connectivity index (χ3v) is 6.86. The van der Waals surface area contributed by atoms with Gasteiger partial charge in [0.05, 0.1) is 7.11 Å². The number of carbonyl (C=O) groups is 1. The summed E-state index contributed by atoms with van der Waals surface area (Å²) < 4.78 is 44.5. The van der Waals surface area contributed by atoms with Crippen molar-refractivity contribution >= 4 is 37.4 Å². The first kappa shape index (κ1) is 17.8. The minimum Gasteiger partial charge on any atom is -0.465 e. The van der Waals surface area contributed by atoms with Crippen LogP contribution in [0.1, 0.15) is 15.2 Å². The zero-order valence-corrected chi connectivity index (χ0v) is 15.9. The number of methoxy groups -OCH3 is 1. The molecule has 2 aromatic carbocycles. The zero-order valence-electron chi connectivity index (χ0n) is 14.2. The van der Waals surface area contributed by atoms with E-state index in [0.29, 0.717) is 27.1 Å². The lowest BCUT2D eigenvalue weighted by molar-refractivity contribution is 0.0602. The summed E-state index contributed by atoms with van der Waals surface area (Å²) in [5.74, 6) is 0.515. The van der Waals surface area contributed by atoms with Gasteiger partial charge >= 0.3 is 5.97 Å². The van der Waals surface area contributed by atoms with Crippen molar-refractivity contribution in [3.63, 3.8) is 0 Å². The Morgan fingerprint density at radius 3 is 2.78 bits per heavy atom. The molecule has 4 rings (SSSR count). The molecule has 0 aliphatic carbocycles. The molecule has 0 atom stereocenters. The molecule has 7 nitrogen and oxygen atoms in total. The molecule has 0 unspecified atom stereocenters. The molecule has 0 saturated carbocycles. The molecule has 0 fully saturated rings. The van der Waals surface area contributed by atoms with Crippen LogP contribution in [-0.2, 0) is 21.3 Å². The fraction of sp³-hybridized carbons (Fsp3) is 0.167. The van der Waals surface area contributed by atoms with Crippen molar-refractivity contribution in [1.29, 1.82) is 0 Å². The largest absolute Gasteiger partial charge is 0.465 e. The Hall–Kier alpha value is -2.62. The molecule has 0 bridgehead atoms. The number of carbonyl (C=O) groups excluding carboxylic acids is 1. The third-order valence-electron chi connectivity index (χ3n) is 4.09. The Morgan fingerprint density at radius 1 is 1.19 bits per heavy atom. The molecule has 1 aliphatic rings. The van der Waals surface area contributed by atoms with Crippen LogP contribution in [0.15, 0.2) is 47.4 Å². The molecule has 3 aromatic rings. The van der Waals surface area contributed by atoms with Crippen LogP contribution in [0.5, 0.6) is 11.5 Å². The highest BCUT2D eigenvalue weighted by molar-refractivity contribution is 7.90. The summed E-state index contributed by atoms with van der Waals surface area (Å²) in [7, 11) is -2.73. The fourth-order valence-corrected chi connectivity index (χ4v) is 5.65. The molecule has 27 heavy (non-hydrogen) atoms. The lowest BCUT2D eigenvalue weighted by atomic mass is 10.2. The number of esters is 1. The summed E-state index contributed by atoms with van der Waals surface area (Å²) >= 11 is 1.09. The topological polar surface area (TPSA) is 90.9 Å². The highest BCUT2D eigenvalue weighted by Gasteiger charge is 2.28. The van der Waals surface area contributed by atoms with E-state index in [2.05, 4.69) is 4.72 Å². The normalized spacial score (nSPS) is 13.1. The standard InChI is InChI=1S/C18H15NO6S2/c1-23-18(20)16-17(12-4-2-3-5-15(12)26-16)27(21,22)19-9-11-6-7-13-14(8-11)25-10-24-13/h2-8,19H,9-10H2,1H3. The van der Waals surface area contributed by atoms with E-state index < -0.39 is 16.0 Å². The molecule has 0 amide bonds. The highest BCUT2D eigenvalue weighted by Crippen LogP contribution is 2.36. The predicted molar refractivity (Wildman–Crippen MR) is 99.8 cm³/mol. The summed E-state index contributed by atoms with van der Waals surface area (Å²) in [5, 5.41) is 0.487. The van der Waals surface area contributed by atoms with Crippen LogP contribution in [0.2, 0.25) is 0 Å². The Bertz CT molecular complexity index is 1140. The number of benzene rings is 2. The number of thiophene rings is 1. The van der Waals surface area contributed by atoms with Gasteiger partial charge in [0.25, 0.3) is 0 Å². The summed E-state index contributed by atoms with van der Waals surface area (Å²) in [6.45, 7) is 0.192. The number of nitrogens with one attached hydrogen (secondary N) is 1. The van der Waals surface area contributed by atoms with E-state index in [-0.39, 0.29) is 23.1 Å². The quantitative estimate of drug-likeness (QED) is 0.657. The van der Waals surface area contributed by atoms with Crippen molar-refractivity contribution in [2.24, 2.45) is 0 Å². The highest BCUT2D eigenvalue weighted by atomic mass is 32.2. The number of hydrogen-bond donors (Lipinski definition) is 1. The molecule has 1 aliphatic heterocycles. The average molecular weight is 405 g/mol. The minimum absolute atomic E-state index is 0.0454. The second-order valence-electron chi connectivity index (χ2n) is 5.76. The third kappa shape index (κ3) is 3.25. The Labute approximate surface area is 159 Å². The van der Waals surface area contributed by atoms with Crippen LogP contribution >= 0.6 is 11.3 Å². The van der Waals surface area contributed by atoms with E-state index >= 15 is 0 Å². The maximum Gasteiger partial charge on any atom is 0.349 e. The van der Waals surface area contributed by atoms with E-state index in [1.165, 1.54) is 7.11 Å². The smallest absolute Gasteiger partial charge is 0.349 e. The Morgan fingerprint density at radius 2 is 1.96 bits per heavy atom. The average Bonchev–Trinajstić information content (AvgIpc) is 3.29. The molecule has 0 radical (unpaired) electrons. The molecule has 0 spiro atoms. The van der Waals surface area contributed by atoms with Crippen molar-refractivity contribution < 1.29 is 27.4 Å². The van der Waals surface area contributed by atoms with Crippen molar-refractivity contribution in [2.45, 2.75) is 11.4 Å². The fourth-order valence-electron chi connectivity index (χ4n) is 2.82. The van der Waals surface area contributed by atoms with E-state index in [1.54, 1.807) is 42.5 Å². The molecule has 1 aromatic heterocycles. The first-order chi connectivity index (χ1) is 13.0. The van der Waals surface area contributed by atoms with Gasteiger partial charge in [-0.2, -0.15) is 0 Å². The van der Waals surface area contributed by atoms with Gasteiger partial charge in [-0.1, -0.05) is 24.3 Å². The van der Waals surface area contributed by atoms with Gasteiger partial charge in [-0.05, 0) is 23.8 Å². The molecule has 140 valence electrons. The van der Waals surface area contributed by atoms with Crippen LogP contribution in [0.3, 0.4) is 0 Å². The van der Waals surface area contributed by atoms with Crippen LogP contribution in [0, 0.1) is 0 Å². The molecule has 0 saturated heterocycles. The monoisotopic (exact) mass is 405 g/mol. The van der Waals surface area contributed by atoms with Crippen LogP contribution < -0.4 is 14.2 Å². The van der Waals surface area contributed by atoms with Gasteiger partial charge in [0.2, 0.25) is 16.8 Å². The van der Waals surface area contributed by atoms with E-state index in [4.69, 9.17) is 14.2 Å². The van der Waals surface area contributed by atoms with Crippen LogP contribution in [0.4, 0.5) is 0 Å². The molecule has 1 N–H and O–H groups in total. The first-order valence-electron chi connectivity index (χ1n) is 7.97. The van der Waals surface area contributed by atoms with E-state index in [0.717, 1.165) is 11.3 Å². The maximum absolute atomic E-state index is 13.0. The van der Waals surface area contributed by atoms with Gasteiger partial charge in [-0.15, -0.1) is 11.3 Å². The molecule has 9 heteroatoms. The number of ether oxygens (including phenoxy) is 3. The predicted octanol–water partition coefficient (Wildman–Crippen LogP) is 2.90. The van der Waals surface area contributed by atoms with Crippen molar-refractivity contribution in [3.05, 3.63) is 52.9 Å². The van der Waals surface area contributed by atoms with Crippen molar-refractivity contribution in [3.8, 4) is 11.5 Å². The number of hydrogen-bond acceptors (Lipinski definition) is 7. The van der Waals surface area contributed by atoms with Crippen LogP contribution in [-0.4, -0.2) is 28.3 Å². The number of rotatable bonds is 5. The minimum atomic E-state index is -3.95. The van der Waals surface area contributed by atoms with Crippen molar-refractivity contribution in [1.82, 2.24) is 4.72 Å². The summed E-state index contributed by atoms with van der Waals surface area (Å²) in [6, 6.07) is 12.2. The molecular formula is C18H15NO6S2. The van der Waals surface area contributed by atoms with Gasteiger partial charge in [-0.25, -0.2) is 17.9 Å². The van der Waals surface area contributed by atoms with Gasteiger partial charge in [0.15, 0.2) is 11.5 Å². The second kappa shape index (κ2) is 6.84. The summed E-state index contributed by atoms with van der Waals surface area (Å²) in [5.41, 5.74) is 0.710.